The average Bonchev–Trinajstić information content (AvgIpc) is 2.52. The van der Waals surface area contributed by atoms with Gasteiger partial charge in [0.15, 0.2) is 0 Å². The minimum atomic E-state index is -3.26. The molecule has 0 unspecified atom stereocenters. The Morgan fingerprint density at radius 2 is 1.85 bits per heavy atom. The quantitative estimate of drug-likeness (QED) is 0.705. The third-order valence-corrected chi connectivity index (χ3v) is 3.52. The third kappa shape index (κ3) is 4.93. The SMILES string of the molecule is CCc1cc(Nc2cc(NC(C)=O)nc(C)c2C(=O)O)nc(C(C)(F)F)n1. The van der Waals surface area contributed by atoms with Crippen molar-refractivity contribution in [3.05, 3.63) is 34.9 Å². The lowest BCUT2D eigenvalue weighted by atomic mass is 10.1. The molecule has 0 aliphatic rings. The van der Waals surface area contributed by atoms with Gasteiger partial charge in [-0.05, 0) is 13.3 Å². The number of halogens is 2. The molecule has 2 aromatic heterocycles. The van der Waals surface area contributed by atoms with E-state index in [4.69, 9.17) is 0 Å². The lowest BCUT2D eigenvalue weighted by Gasteiger charge is -2.16. The zero-order valence-corrected chi connectivity index (χ0v) is 15.2. The molecule has 3 N–H and O–H groups in total. The molecule has 0 fully saturated rings. The van der Waals surface area contributed by atoms with Gasteiger partial charge in [-0.3, -0.25) is 4.79 Å². The number of carboxylic acids is 1. The zero-order valence-electron chi connectivity index (χ0n) is 15.2. The zero-order chi connectivity index (χ0) is 20.4. The van der Waals surface area contributed by atoms with Crippen LogP contribution in [0.3, 0.4) is 0 Å². The lowest BCUT2D eigenvalue weighted by Crippen LogP contribution is -2.16. The number of carboxylic acid groups (broad SMARTS) is 1. The van der Waals surface area contributed by atoms with Crippen molar-refractivity contribution >= 4 is 29.2 Å². The fraction of sp³-hybridized carbons (Fsp3) is 0.353. The first-order valence-corrected chi connectivity index (χ1v) is 8.07. The van der Waals surface area contributed by atoms with Crippen LogP contribution in [0.5, 0.6) is 0 Å². The molecule has 8 nitrogen and oxygen atoms in total. The summed E-state index contributed by atoms with van der Waals surface area (Å²) in [6.07, 6.45) is 0.387. The molecule has 0 aliphatic carbocycles. The first-order valence-electron chi connectivity index (χ1n) is 8.07. The Kier molecular flexibility index (Phi) is 5.67. The highest BCUT2D eigenvalue weighted by Crippen LogP contribution is 2.29. The molecule has 2 heterocycles. The number of pyridine rings is 1. The monoisotopic (exact) mass is 379 g/mol. The number of nitrogens with one attached hydrogen (secondary N) is 2. The molecule has 1 amide bonds. The number of rotatable bonds is 6. The van der Waals surface area contributed by atoms with Gasteiger partial charge in [-0.2, -0.15) is 8.78 Å². The fourth-order valence-electron chi connectivity index (χ4n) is 2.36. The van der Waals surface area contributed by atoms with Gasteiger partial charge in [0, 0.05) is 31.7 Å². The summed E-state index contributed by atoms with van der Waals surface area (Å²) in [5.74, 6) is -5.44. The summed E-state index contributed by atoms with van der Waals surface area (Å²) in [6.45, 7) is 5.17. The number of nitrogens with zero attached hydrogens (tertiary/aromatic N) is 3. The molecule has 0 atom stereocenters. The number of carbonyl (C=O) groups is 2. The predicted molar refractivity (Wildman–Crippen MR) is 94.5 cm³/mol. The molecule has 2 rings (SSSR count). The molecule has 0 bridgehead atoms. The third-order valence-electron chi connectivity index (χ3n) is 3.52. The molecular weight excluding hydrogens is 360 g/mol. The number of aromatic carboxylic acids is 1. The van der Waals surface area contributed by atoms with Crippen molar-refractivity contribution in [2.45, 2.75) is 40.0 Å². The Balaban J connectivity index is 2.56. The normalized spacial score (nSPS) is 11.2. The van der Waals surface area contributed by atoms with Gasteiger partial charge >= 0.3 is 11.9 Å². The van der Waals surface area contributed by atoms with Crippen LogP contribution in [-0.2, 0) is 17.1 Å². The maximum absolute atomic E-state index is 13.7. The second-order valence-corrected chi connectivity index (χ2v) is 5.94. The van der Waals surface area contributed by atoms with E-state index >= 15 is 0 Å². The number of carbonyl (C=O) groups excluding carboxylic acids is 1. The second-order valence-electron chi connectivity index (χ2n) is 5.94. The van der Waals surface area contributed by atoms with Crippen LogP contribution in [0.2, 0.25) is 0 Å². The van der Waals surface area contributed by atoms with Crippen molar-refractivity contribution in [1.29, 1.82) is 0 Å². The second kappa shape index (κ2) is 7.60. The highest BCUT2D eigenvalue weighted by molar-refractivity contribution is 5.98. The van der Waals surface area contributed by atoms with E-state index in [0.717, 1.165) is 0 Å². The summed E-state index contributed by atoms with van der Waals surface area (Å²) in [7, 11) is 0. The molecule has 10 heteroatoms. The van der Waals surface area contributed by atoms with E-state index in [-0.39, 0.29) is 34.5 Å². The number of anilines is 3. The maximum Gasteiger partial charge on any atom is 0.339 e. The molecule has 0 aromatic carbocycles. The van der Waals surface area contributed by atoms with Crippen molar-refractivity contribution in [3.63, 3.8) is 0 Å². The molecule has 27 heavy (non-hydrogen) atoms. The Hall–Kier alpha value is -3.17. The lowest BCUT2D eigenvalue weighted by molar-refractivity contribution is -0.114. The van der Waals surface area contributed by atoms with Crippen molar-refractivity contribution < 1.29 is 23.5 Å². The molecule has 0 aliphatic heterocycles. The van der Waals surface area contributed by atoms with E-state index in [9.17, 15) is 23.5 Å². The maximum atomic E-state index is 13.7. The van der Waals surface area contributed by atoms with Gasteiger partial charge < -0.3 is 15.7 Å². The van der Waals surface area contributed by atoms with Gasteiger partial charge in [0.2, 0.25) is 11.7 Å². The summed E-state index contributed by atoms with van der Waals surface area (Å²) >= 11 is 0. The summed E-state index contributed by atoms with van der Waals surface area (Å²) in [5, 5.41) is 14.7. The molecule has 0 saturated carbocycles. The number of aromatic nitrogens is 3. The fourth-order valence-corrected chi connectivity index (χ4v) is 2.36. The minimum Gasteiger partial charge on any atom is -0.478 e. The van der Waals surface area contributed by atoms with Gasteiger partial charge in [0.05, 0.1) is 11.4 Å². The van der Waals surface area contributed by atoms with Gasteiger partial charge in [0.1, 0.15) is 17.2 Å². The van der Waals surface area contributed by atoms with Crippen LogP contribution in [-0.4, -0.2) is 31.9 Å². The minimum absolute atomic E-state index is 0.0141. The van der Waals surface area contributed by atoms with Crippen LogP contribution in [0, 0.1) is 6.92 Å². The summed E-state index contributed by atoms with van der Waals surface area (Å²) in [5.41, 5.74) is 0.409. The first-order chi connectivity index (χ1) is 12.5. The van der Waals surface area contributed by atoms with Crippen molar-refractivity contribution in [1.82, 2.24) is 15.0 Å². The van der Waals surface area contributed by atoms with Crippen LogP contribution in [0.4, 0.5) is 26.1 Å². The van der Waals surface area contributed by atoms with Crippen LogP contribution in [0.25, 0.3) is 0 Å². The Morgan fingerprint density at radius 1 is 1.19 bits per heavy atom. The van der Waals surface area contributed by atoms with E-state index in [2.05, 4.69) is 25.6 Å². The van der Waals surface area contributed by atoms with Crippen molar-refractivity contribution in [3.8, 4) is 0 Å². The summed E-state index contributed by atoms with van der Waals surface area (Å²) in [4.78, 5) is 34.5. The molecule has 0 radical (unpaired) electrons. The Morgan fingerprint density at radius 3 is 2.37 bits per heavy atom. The van der Waals surface area contributed by atoms with E-state index < -0.39 is 17.7 Å². The average molecular weight is 379 g/mol. The molecular formula is C17H19F2N5O3. The number of alkyl halides is 2. The smallest absolute Gasteiger partial charge is 0.339 e. The standard InChI is InChI=1S/C17H19F2N5O3/c1-5-10-6-12(24-16(22-10)17(4,18)19)23-11-7-13(21-9(3)25)20-8(2)14(11)15(26)27/h6-7H,5H2,1-4H3,(H,26,27)(H2,20,21,22,23,24,25). The largest absolute Gasteiger partial charge is 0.478 e. The summed E-state index contributed by atoms with van der Waals surface area (Å²) in [6, 6.07) is 2.75. The van der Waals surface area contributed by atoms with Crippen LogP contribution in [0.15, 0.2) is 12.1 Å². The highest BCUT2D eigenvalue weighted by Gasteiger charge is 2.29. The Labute approximate surface area is 154 Å². The van der Waals surface area contributed by atoms with Gasteiger partial charge in [-0.15, -0.1) is 0 Å². The molecule has 0 spiro atoms. The van der Waals surface area contributed by atoms with Gasteiger partial charge in [-0.25, -0.2) is 19.7 Å². The Bertz CT molecular complexity index is 897. The van der Waals surface area contributed by atoms with Crippen molar-refractivity contribution in [2.75, 3.05) is 10.6 Å². The van der Waals surface area contributed by atoms with E-state index in [1.165, 1.54) is 26.0 Å². The number of hydrogen-bond acceptors (Lipinski definition) is 6. The van der Waals surface area contributed by atoms with E-state index in [1.54, 1.807) is 6.92 Å². The summed E-state index contributed by atoms with van der Waals surface area (Å²) < 4.78 is 27.3. The number of hydrogen-bond donors (Lipinski definition) is 3. The predicted octanol–water partition coefficient (Wildman–Crippen LogP) is 3.25. The topological polar surface area (TPSA) is 117 Å². The highest BCUT2D eigenvalue weighted by atomic mass is 19.3. The van der Waals surface area contributed by atoms with Crippen LogP contribution in [0.1, 0.15) is 48.3 Å². The van der Waals surface area contributed by atoms with Crippen molar-refractivity contribution in [2.24, 2.45) is 0 Å². The van der Waals surface area contributed by atoms with Crippen LogP contribution < -0.4 is 10.6 Å². The number of aryl methyl sites for hydroxylation is 2. The van der Waals surface area contributed by atoms with Gasteiger partial charge in [0.25, 0.3) is 0 Å². The molecule has 0 saturated heterocycles. The van der Waals surface area contributed by atoms with E-state index in [1.807, 2.05) is 0 Å². The number of amides is 1. The van der Waals surface area contributed by atoms with Gasteiger partial charge in [-0.1, -0.05) is 6.92 Å². The molecule has 144 valence electrons. The molecule has 2 aromatic rings. The first kappa shape index (κ1) is 20.1. The van der Waals surface area contributed by atoms with E-state index in [0.29, 0.717) is 19.0 Å². The van der Waals surface area contributed by atoms with Crippen LogP contribution >= 0.6 is 0 Å².